The first-order valence-corrected chi connectivity index (χ1v) is 8.67. The molecule has 3 aromatic rings. The maximum absolute atomic E-state index is 13.0. The number of ether oxygens (including phenoxy) is 1. The van der Waals surface area contributed by atoms with Crippen LogP contribution in [-0.4, -0.2) is 39.2 Å². The zero-order chi connectivity index (χ0) is 17.9. The number of likely N-dealkylation sites (tertiary alicyclic amines) is 1. The molecule has 1 saturated heterocycles. The fraction of sp³-hybridized carbons (Fsp3) is 0.250. The van der Waals surface area contributed by atoms with Crippen molar-refractivity contribution in [3.8, 4) is 11.4 Å². The average Bonchev–Trinajstić information content (AvgIpc) is 3.38. The molecule has 1 aliphatic rings. The topological polar surface area (TPSA) is 60.2 Å². The number of hydrogen-bond donors (Lipinski definition) is 0. The molecule has 2 aromatic heterocycles. The number of carbonyl (C=O) groups is 1. The number of hydrogen-bond acceptors (Lipinski definition) is 4. The molecular weight excluding hydrogens is 328 g/mol. The van der Waals surface area contributed by atoms with Crippen LogP contribution < -0.4 is 4.74 Å². The molecule has 6 heteroatoms. The Labute approximate surface area is 152 Å². The van der Waals surface area contributed by atoms with Gasteiger partial charge in [0.15, 0.2) is 5.69 Å². The third kappa shape index (κ3) is 3.06. The van der Waals surface area contributed by atoms with Crippen molar-refractivity contribution >= 4 is 5.91 Å². The van der Waals surface area contributed by atoms with Crippen molar-refractivity contribution in [2.75, 3.05) is 13.7 Å². The van der Waals surface area contributed by atoms with Crippen molar-refractivity contribution in [1.82, 2.24) is 19.7 Å². The van der Waals surface area contributed by atoms with E-state index in [4.69, 9.17) is 4.74 Å². The normalized spacial score (nSPS) is 16.7. The molecule has 0 aliphatic carbocycles. The Morgan fingerprint density at radius 1 is 1.19 bits per heavy atom. The Balaban J connectivity index is 1.58. The van der Waals surface area contributed by atoms with E-state index in [1.165, 1.54) is 0 Å². The molecule has 4 rings (SSSR count). The summed E-state index contributed by atoms with van der Waals surface area (Å²) < 4.78 is 7.02. The second-order valence-corrected chi connectivity index (χ2v) is 6.28. The Morgan fingerprint density at radius 2 is 2.04 bits per heavy atom. The zero-order valence-electron chi connectivity index (χ0n) is 14.6. The monoisotopic (exact) mass is 348 g/mol. The van der Waals surface area contributed by atoms with E-state index in [9.17, 15) is 4.79 Å². The van der Waals surface area contributed by atoms with Crippen molar-refractivity contribution in [2.24, 2.45) is 0 Å². The van der Waals surface area contributed by atoms with E-state index in [-0.39, 0.29) is 11.9 Å². The lowest BCUT2D eigenvalue weighted by Gasteiger charge is -2.24. The van der Waals surface area contributed by atoms with Crippen LogP contribution in [0, 0.1) is 0 Å². The van der Waals surface area contributed by atoms with Crippen LogP contribution >= 0.6 is 0 Å². The van der Waals surface area contributed by atoms with Gasteiger partial charge >= 0.3 is 0 Å². The molecule has 26 heavy (non-hydrogen) atoms. The highest BCUT2D eigenvalue weighted by molar-refractivity contribution is 5.92. The van der Waals surface area contributed by atoms with Gasteiger partial charge in [-0.25, -0.2) is 4.68 Å². The Kier molecular flexibility index (Phi) is 4.39. The summed E-state index contributed by atoms with van der Waals surface area (Å²) in [6, 6.07) is 13.5. The highest BCUT2D eigenvalue weighted by Gasteiger charge is 2.31. The molecule has 132 valence electrons. The van der Waals surface area contributed by atoms with Crippen molar-refractivity contribution in [3.63, 3.8) is 0 Å². The number of nitrogens with zero attached hydrogens (tertiary/aromatic N) is 4. The predicted molar refractivity (Wildman–Crippen MR) is 97.4 cm³/mol. The van der Waals surface area contributed by atoms with E-state index in [0.717, 1.165) is 36.4 Å². The van der Waals surface area contributed by atoms with Crippen LogP contribution in [0.25, 0.3) is 5.69 Å². The van der Waals surface area contributed by atoms with E-state index in [1.807, 2.05) is 41.3 Å². The molecule has 0 N–H and O–H groups in total. The largest absolute Gasteiger partial charge is 0.497 e. The van der Waals surface area contributed by atoms with Gasteiger partial charge in [0.2, 0.25) is 0 Å². The predicted octanol–water partition coefficient (Wildman–Crippen LogP) is 3.25. The first kappa shape index (κ1) is 16.3. The smallest absolute Gasteiger partial charge is 0.274 e. The van der Waals surface area contributed by atoms with E-state index in [1.54, 1.807) is 36.4 Å². The lowest BCUT2D eigenvalue weighted by atomic mass is 10.0. The summed E-state index contributed by atoms with van der Waals surface area (Å²) in [5.41, 5.74) is 2.44. The number of amides is 1. The molecule has 1 atom stereocenters. The van der Waals surface area contributed by atoms with Crippen LogP contribution in [0.4, 0.5) is 0 Å². The van der Waals surface area contributed by atoms with E-state index in [0.29, 0.717) is 5.69 Å². The molecule has 3 heterocycles. The second kappa shape index (κ2) is 7.00. The molecule has 1 fully saturated rings. The lowest BCUT2D eigenvalue weighted by Crippen LogP contribution is -2.31. The van der Waals surface area contributed by atoms with Crippen molar-refractivity contribution < 1.29 is 9.53 Å². The summed E-state index contributed by atoms with van der Waals surface area (Å²) in [4.78, 5) is 19.0. The Hall–Kier alpha value is -3.15. The van der Waals surface area contributed by atoms with Crippen LogP contribution in [0.5, 0.6) is 5.75 Å². The number of benzene rings is 1. The lowest BCUT2D eigenvalue weighted by molar-refractivity contribution is 0.0729. The molecule has 0 radical (unpaired) electrons. The molecule has 6 nitrogen and oxygen atoms in total. The number of carbonyl (C=O) groups excluding carboxylic acids is 1. The first-order chi connectivity index (χ1) is 12.8. The summed E-state index contributed by atoms with van der Waals surface area (Å²) in [7, 11) is 1.66. The summed E-state index contributed by atoms with van der Waals surface area (Å²) in [6.07, 6.45) is 7.15. The summed E-state index contributed by atoms with van der Waals surface area (Å²) >= 11 is 0. The van der Waals surface area contributed by atoms with E-state index >= 15 is 0 Å². The minimum absolute atomic E-state index is 0.0388. The maximum atomic E-state index is 13.0. The third-order valence-electron chi connectivity index (χ3n) is 4.73. The maximum Gasteiger partial charge on any atom is 0.274 e. The van der Waals surface area contributed by atoms with Gasteiger partial charge in [-0.1, -0.05) is 12.1 Å². The van der Waals surface area contributed by atoms with Gasteiger partial charge in [0.25, 0.3) is 5.91 Å². The van der Waals surface area contributed by atoms with E-state index < -0.39 is 0 Å². The van der Waals surface area contributed by atoms with Crippen LogP contribution in [0.15, 0.2) is 61.1 Å². The number of aromatic nitrogens is 3. The molecule has 1 aliphatic heterocycles. The summed E-state index contributed by atoms with van der Waals surface area (Å²) in [5.74, 6) is 0.770. The minimum atomic E-state index is -0.0388. The molecule has 1 unspecified atom stereocenters. The Bertz CT molecular complexity index is 907. The van der Waals surface area contributed by atoms with Crippen LogP contribution in [0.2, 0.25) is 0 Å². The van der Waals surface area contributed by atoms with Gasteiger partial charge < -0.3 is 9.64 Å². The molecule has 1 aromatic carbocycles. The Morgan fingerprint density at radius 3 is 2.85 bits per heavy atom. The zero-order valence-corrected chi connectivity index (χ0v) is 14.6. The van der Waals surface area contributed by atoms with Gasteiger partial charge in [0.05, 0.1) is 18.8 Å². The van der Waals surface area contributed by atoms with Gasteiger partial charge in [-0.2, -0.15) is 5.10 Å². The summed E-state index contributed by atoms with van der Waals surface area (Å²) in [6.45, 7) is 0.739. The molecule has 0 spiro atoms. The average molecular weight is 348 g/mol. The molecule has 0 bridgehead atoms. The van der Waals surface area contributed by atoms with Crippen LogP contribution in [0.3, 0.4) is 0 Å². The van der Waals surface area contributed by atoms with Gasteiger partial charge in [0, 0.05) is 25.1 Å². The van der Waals surface area contributed by atoms with Crippen molar-refractivity contribution in [1.29, 1.82) is 0 Å². The first-order valence-electron chi connectivity index (χ1n) is 8.67. The highest BCUT2D eigenvalue weighted by Crippen LogP contribution is 2.34. The van der Waals surface area contributed by atoms with Crippen molar-refractivity contribution in [3.05, 3.63) is 72.3 Å². The molecular formula is C20H20N4O2. The molecule has 1 amide bonds. The summed E-state index contributed by atoms with van der Waals surface area (Å²) in [5, 5.41) is 4.46. The van der Waals surface area contributed by atoms with E-state index in [2.05, 4.69) is 10.1 Å². The fourth-order valence-electron chi connectivity index (χ4n) is 3.43. The van der Waals surface area contributed by atoms with Gasteiger partial charge in [-0.05, 0) is 48.7 Å². The number of methoxy groups -OCH3 is 1. The second-order valence-electron chi connectivity index (χ2n) is 6.28. The quantitative estimate of drug-likeness (QED) is 0.726. The highest BCUT2D eigenvalue weighted by atomic mass is 16.5. The van der Waals surface area contributed by atoms with Gasteiger partial charge in [-0.3, -0.25) is 9.78 Å². The minimum Gasteiger partial charge on any atom is -0.497 e. The van der Waals surface area contributed by atoms with Crippen LogP contribution in [0.1, 0.15) is 34.9 Å². The fourth-order valence-corrected chi connectivity index (χ4v) is 3.43. The number of rotatable bonds is 4. The SMILES string of the molecule is COc1cccc(C2CCCN2C(=O)c2ccn(-c3ccncc3)n2)c1. The van der Waals surface area contributed by atoms with Gasteiger partial charge in [-0.15, -0.1) is 0 Å². The standard InChI is InChI=1S/C20H20N4O2/c1-26-17-5-2-4-15(14-17)19-6-3-12-23(19)20(25)18-9-13-24(22-18)16-7-10-21-11-8-16/h2,4-5,7-11,13-14,19H,3,6,12H2,1H3. The van der Waals surface area contributed by atoms with Crippen LogP contribution in [-0.2, 0) is 0 Å². The number of pyridine rings is 1. The third-order valence-corrected chi connectivity index (χ3v) is 4.73. The molecule has 0 saturated carbocycles. The van der Waals surface area contributed by atoms with Gasteiger partial charge in [0.1, 0.15) is 5.75 Å². The van der Waals surface area contributed by atoms with Crippen molar-refractivity contribution in [2.45, 2.75) is 18.9 Å².